The third-order valence-corrected chi connectivity index (χ3v) is 4.74. The Morgan fingerprint density at radius 1 is 1.56 bits per heavy atom. The van der Waals surface area contributed by atoms with Gasteiger partial charge in [-0.2, -0.15) is 11.8 Å². The maximum absolute atomic E-state index is 12.1. The number of anilines is 1. The van der Waals surface area contributed by atoms with Gasteiger partial charge in [0.1, 0.15) is 5.75 Å². The van der Waals surface area contributed by atoms with Crippen molar-refractivity contribution in [1.29, 1.82) is 0 Å². The highest BCUT2D eigenvalue weighted by Gasteiger charge is 2.42. The molecule has 0 radical (unpaired) electrons. The summed E-state index contributed by atoms with van der Waals surface area (Å²) in [6.45, 7) is 0.698. The molecule has 1 aliphatic rings. The standard InChI is InChI=1S/C13H18N2O2S/c1-17-9-3-4-11(14)10(7-9)12(16)15-8-13(18-2)5-6-13/h3-4,7H,5-6,8,14H2,1-2H3,(H,15,16). The molecule has 2 rings (SSSR count). The Morgan fingerprint density at radius 3 is 2.83 bits per heavy atom. The highest BCUT2D eigenvalue weighted by Crippen LogP contribution is 2.46. The summed E-state index contributed by atoms with van der Waals surface area (Å²) in [7, 11) is 1.57. The molecule has 98 valence electrons. The van der Waals surface area contributed by atoms with Gasteiger partial charge >= 0.3 is 0 Å². The summed E-state index contributed by atoms with van der Waals surface area (Å²) in [5.41, 5.74) is 6.76. The van der Waals surface area contributed by atoms with Crippen molar-refractivity contribution < 1.29 is 9.53 Å². The van der Waals surface area contributed by atoms with Crippen LogP contribution in [0.25, 0.3) is 0 Å². The number of thioether (sulfide) groups is 1. The van der Waals surface area contributed by atoms with Crippen LogP contribution >= 0.6 is 11.8 Å². The molecule has 1 aromatic rings. The van der Waals surface area contributed by atoms with Gasteiger partial charge in [-0.1, -0.05) is 0 Å². The van der Waals surface area contributed by atoms with E-state index in [1.54, 1.807) is 25.3 Å². The van der Waals surface area contributed by atoms with Gasteiger partial charge in [-0.05, 0) is 37.3 Å². The number of nitrogens with two attached hydrogens (primary N) is 1. The van der Waals surface area contributed by atoms with Crippen LogP contribution in [0.2, 0.25) is 0 Å². The maximum atomic E-state index is 12.1. The first-order valence-corrected chi connectivity index (χ1v) is 7.09. The lowest BCUT2D eigenvalue weighted by molar-refractivity contribution is 0.0953. The average Bonchev–Trinajstić information content (AvgIpc) is 3.17. The Balaban J connectivity index is 2.04. The van der Waals surface area contributed by atoms with Crippen molar-refractivity contribution in [3.05, 3.63) is 23.8 Å². The Kier molecular flexibility index (Phi) is 3.71. The van der Waals surface area contributed by atoms with E-state index in [9.17, 15) is 4.79 Å². The second kappa shape index (κ2) is 5.10. The first kappa shape index (κ1) is 13.1. The molecular formula is C13H18N2O2S. The minimum Gasteiger partial charge on any atom is -0.497 e. The van der Waals surface area contributed by atoms with Gasteiger partial charge in [0, 0.05) is 17.0 Å². The molecule has 0 unspecified atom stereocenters. The predicted molar refractivity (Wildman–Crippen MR) is 75.2 cm³/mol. The lowest BCUT2D eigenvalue weighted by atomic mass is 10.1. The molecule has 1 saturated carbocycles. The average molecular weight is 266 g/mol. The van der Waals surface area contributed by atoms with Crippen LogP contribution in [-0.4, -0.2) is 30.6 Å². The fraction of sp³-hybridized carbons (Fsp3) is 0.462. The van der Waals surface area contributed by atoms with Crippen LogP contribution in [0.1, 0.15) is 23.2 Å². The number of ether oxygens (including phenoxy) is 1. The van der Waals surface area contributed by atoms with E-state index in [1.165, 1.54) is 12.8 Å². The third-order valence-electron chi connectivity index (χ3n) is 3.32. The van der Waals surface area contributed by atoms with Crippen LogP contribution in [0, 0.1) is 0 Å². The van der Waals surface area contributed by atoms with E-state index in [4.69, 9.17) is 10.5 Å². The second-order valence-electron chi connectivity index (χ2n) is 4.52. The SMILES string of the molecule is COc1ccc(N)c(C(=O)NCC2(SC)CC2)c1. The summed E-state index contributed by atoms with van der Waals surface area (Å²) < 4.78 is 5.35. The van der Waals surface area contributed by atoms with Crippen molar-refractivity contribution in [3.63, 3.8) is 0 Å². The molecule has 0 atom stereocenters. The number of rotatable bonds is 5. The fourth-order valence-corrected chi connectivity index (χ4v) is 2.51. The fourth-order valence-electron chi connectivity index (χ4n) is 1.79. The molecule has 1 fully saturated rings. The number of carbonyl (C=O) groups is 1. The second-order valence-corrected chi connectivity index (χ2v) is 5.80. The van der Waals surface area contributed by atoms with Crippen LogP contribution in [-0.2, 0) is 0 Å². The first-order valence-electron chi connectivity index (χ1n) is 5.87. The monoisotopic (exact) mass is 266 g/mol. The summed E-state index contributed by atoms with van der Waals surface area (Å²) in [6, 6.07) is 5.11. The van der Waals surface area contributed by atoms with E-state index in [0.29, 0.717) is 23.5 Å². The van der Waals surface area contributed by atoms with Crippen molar-refractivity contribution in [3.8, 4) is 5.75 Å². The highest BCUT2D eigenvalue weighted by atomic mass is 32.2. The number of nitrogens with one attached hydrogen (secondary N) is 1. The van der Waals surface area contributed by atoms with E-state index in [-0.39, 0.29) is 10.7 Å². The predicted octanol–water partition coefficient (Wildman–Crippen LogP) is 1.90. The topological polar surface area (TPSA) is 64.3 Å². The molecule has 18 heavy (non-hydrogen) atoms. The van der Waals surface area contributed by atoms with E-state index >= 15 is 0 Å². The van der Waals surface area contributed by atoms with Crippen molar-refractivity contribution in [2.45, 2.75) is 17.6 Å². The zero-order valence-electron chi connectivity index (χ0n) is 10.7. The van der Waals surface area contributed by atoms with Gasteiger partial charge in [-0.3, -0.25) is 4.79 Å². The van der Waals surface area contributed by atoms with Gasteiger partial charge in [-0.15, -0.1) is 0 Å². The number of amides is 1. The summed E-state index contributed by atoms with van der Waals surface area (Å²) in [5.74, 6) is 0.507. The summed E-state index contributed by atoms with van der Waals surface area (Å²) in [5, 5.41) is 2.95. The molecule has 1 aliphatic carbocycles. The lowest BCUT2D eigenvalue weighted by Crippen LogP contribution is -2.32. The van der Waals surface area contributed by atoms with Crippen molar-refractivity contribution in [2.75, 3.05) is 25.6 Å². The quantitative estimate of drug-likeness (QED) is 0.799. The van der Waals surface area contributed by atoms with Gasteiger partial charge in [0.15, 0.2) is 0 Å². The van der Waals surface area contributed by atoms with Crippen molar-refractivity contribution in [1.82, 2.24) is 5.32 Å². The lowest BCUT2D eigenvalue weighted by Gasteiger charge is -2.14. The number of methoxy groups -OCH3 is 1. The molecular weight excluding hydrogens is 248 g/mol. The van der Waals surface area contributed by atoms with Crippen LogP contribution in [0.4, 0.5) is 5.69 Å². The number of hydrogen-bond donors (Lipinski definition) is 2. The van der Waals surface area contributed by atoms with Crippen LogP contribution in [0.3, 0.4) is 0 Å². The molecule has 3 N–H and O–H groups in total. The number of hydrogen-bond acceptors (Lipinski definition) is 4. The first-order chi connectivity index (χ1) is 8.60. The molecule has 0 bridgehead atoms. The van der Waals surface area contributed by atoms with E-state index in [1.807, 2.05) is 11.8 Å². The smallest absolute Gasteiger partial charge is 0.253 e. The number of nitrogen functional groups attached to an aromatic ring is 1. The highest BCUT2D eigenvalue weighted by molar-refractivity contribution is 8.00. The maximum Gasteiger partial charge on any atom is 0.253 e. The molecule has 0 aliphatic heterocycles. The normalized spacial score (nSPS) is 16.1. The summed E-state index contributed by atoms with van der Waals surface area (Å²) in [4.78, 5) is 12.1. The number of benzene rings is 1. The molecule has 0 spiro atoms. The van der Waals surface area contributed by atoms with Crippen molar-refractivity contribution >= 4 is 23.4 Å². The van der Waals surface area contributed by atoms with Gasteiger partial charge in [0.25, 0.3) is 5.91 Å². The molecule has 1 amide bonds. The Morgan fingerprint density at radius 2 is 2.28 bits per heavy atom. The van der Waals surface area contributed by atoms with Crippen LogP contribution in [0.15, 0.2) is 18.2 Å². The largest absolute Gasteiger partial charge is 0.497 e. The Labute approximate surface area is 111 Å². The van der Waals surface area contributed by atoms with Crippen molar-refractivity contribution in [2.24, 2.45) is 0 Å². The van der Waals surface area contributed by atoms with Gasteiger partial charge < -0.3 is 15.8 Å². The van der Waals surface area contributed by atoms with E-state index in [2.05, 4.69) is 11.6 Å². The molecule has 4 nitrogen and oxygen atoms in total. The zero-order chi connectivity index (χ0) is 13.2. The minimum atomic E-state index is -0.133. The van der Waals surface area contributed by atoms with Crippen LogP contribution < -0.4 is 15.8 Å². The Bertz CT molecular complexity index is 458. The zero-order valence-corrected chi connectivity index (χ0v) is 11.5. The molecule has 1 aromatic carbocycles. The van der Waals surface area contributed by atoms with E-state index < -0.39 is 0 Å². The Hall–Kier alpha value is -1.36. The molecule has 5 heteroatoms. The molecule has 0 aromatic heterocycles. The van der Waals surface area contributed by atoms with Gasteiger partial charge in [-0.25, -0.2) is 0 Å². The minimum absolute atomic E-state index is 0.133. The van der Waals surface area contributed by atoms with Crippen LogP contribution in [0.5, 0.6) is 5.75 Å². The summed E-state index contributed by atoms with van der Waals surface area (Å²) >= 11 is 1.82. The molecule has 0 saturated heterocycles. The summed E-state index contributed by atoms with van der Waals surface area (Å²) in [6.07, 6.45) is 4.42. The third kappa shape index (κ3) is 2.72. The van der Waals surface area contributed by atoms with Gasteiger partial charge in [0.2, 0.25) is 0 Å². The molecule has 0 heterocycles. The van der Waals surface area contributed by atoms with E-state index in [0.717, 1.165) is 0 Å². The number of carbonyl (C=O) groups excluding carboxylic acids is 1. The van der Waals surface area contributed by atoms with Gasteiger partial charge in [0.05, 0.1) is 12.7 Å².